The molecular weight excluding hydrogens is 363 g/mol. The highest BCUT2D eigenvalue weighted by molar-refractivity contribution is 5.99. The summed E-state index contributed by atoms with van der Waals surface area (Å²) in [5.41, 5.74) is 2.34. The van der Waals surface area contributed by atoms with Crippen LogP contribution in [0.25, 0.3) is 11.0 Å². The number of halogens is 1. The van der Waals surface area contributed by atoms with Crippen molar-refractivity contribution in [2.75, 3.05) is 23.9 Å². The molecule has 8 nitrogen and oxygen atoms in total. The maximum absolute atomic E-state index is 14.8. The van der Waals surface area contributed by atoms with Gasteiger partial charge in [-0.25, -0.2) is 14.4 Å². The summed E-state index contributed by atoms with van der Waals surface area (Å²) in [4.78, 5) is 21.9. The quantitative estimate of drug-likeness (QED) is 0.701. The van der Waals surface area contributed by atoms with Gasteiger partial charge in [0.1, 0.15) is 23.8 Å². The number of rotatable bonds is 5. The van der Waals surface area contributed by atoms with Crippen LogP contribution in [0.3, 0.4) is 0 Å². The van der Waals surface area contributed by atoms with E-state index in [1.54, 1.807) is 42.0 Å². The summed E-state index contributed by atoms with van der Waals surface area (Å²) < 4.78 is 16.5. The van der Waals surface area contributed by atoms with E-state index in [-0.39, 0.29) is 11.4 Å². The molecule has 2 aromatic heterocycles. The summed E-state index contributed by atoms with van der Waals surface area (Å²) in [6.07, 6.45) is 2.10. The van der Waals surface area contributed by atoms with E-state index >= 15 is 0 Å². The third-order valence-corrected chi connectivity index (χ3v) is 4.43. The van der Waals surface area contributed by atoms with Crippen LogP contribution in [-0.2, 0) is 18.3 Å². The standard InChI is InChI=1S/C19H19FN6O2/c1-4-12-5-11(8-21)6-13(20)18(12)26(3)15-7-14-17(22-10-25(14)2)19(23-15)24-16(28)9-27/h5-7,10,27H,4,9H2,1-3H3,(H,23,24,28). The number of carbonyl (C=O) groups is 1. The highest BCUT2D eigenvalue weighted by Crippen LogP contribution is 2.33. The molecule has 1 amide bonds. The van der Waals surface area contributed by atoms with E-state index in [0.29, 0.717) is 34.5 Å². The average molecular weight is 382 g/mol. The average Bonchev–Trinajstić information content (AvgIpc) is 3.07. The van der Waals surface area contributed by atoms with Crippen LogP contribution < -0.4 is 10.2 Å². The van der Waals surface area contributed by atoms with E-state index < -0.39 is 18.3 Å². The van der Waals surface area contributed by atoms with Gasteiger partial charge in [0.05, 0.1) is 29.2 Å². The van der Waals surface area contributed by atoms with Gasteiger partial charge >= 0.3 is 0 Å². The first-order valence-corrected chi connectivity index (χ1v) is 8.58. The third-order valence-electron chi connectivity index (χ3n) is 4.43. The van der Waals surface area contributed by atoms with Crippen molar-refractivity contribution in [1.29, 1.82) is 5.26 Å². The first-order valence-electron chi connectivity index (χ1n) is 8.58. The molecule has 0 aliphatic carbocycles. The first-order chi connectivity index (χ1) is 13.4. The van der Waals surface area contributed by atoms with Crippen LogP contribution in [0.2, 0.25) is 0 Å². The third kappa shape index (κ3) is 3.37. The number of aliphatic hydroxyl groups excluding tert-OH is 1. The number of nitrogens with zero attached hydrogens (tertiary/aromatic N) is 5. The summed E-state index contributed by atoms with van der Waals surface area (Å²) in [5, 5.41) is 20.6. The van der Waals surface area contributed by atoms with E-state index in [4.69, 9.17) is 10.4 Å². The number of benzene rings is 1. The fourth-order valence-corrected chi connectivity index (χ4v) is 3.03. The summed E-state index contributed by atoms with van der Waals surface area (Å²) in [6, 6.07) is 6.51. The Hall–Kier alpha value is -3.51. The fraction of sp³-hybridized carbons (Fsp3) is 0.263. The topological polar surface area (TPSA) is 107 Å². The number of imidazole rings is 1. The minimum atomic E-state index is -0.694. The Kier molecular flexibility index (Phi) is 5.24. The zero-order valence-electron chi connectivity index (χ0n) is 15.7. The predicted octanol–water partition coefficient (Wildman–Crippen LogP) is 2.24. The zero-order chi connectivity index (χ0) is 20.4. The summed E-state index contributed by atoms with van der Waals surface area (Å²) in [6.45, 7) is 1.18. The lowest BCUT2D eigenvalue weighted by Crippen LogP contribution is -2.19. The molecule has 0 aliphatic heterocycles. The van der Waals surface area contributed by atoms with E-state index in [1.807, 2.05) is 13.0 Å². The highest BCUT2D eigenvalue weighted by Gasteiger charge is 2.20. The van der Waals surface area contributed by atoms with Gasteiger partial charge in [0.15, 0.2) is 5.82 Å². The molecule has 2 heterocycles. The van der Waals surface area contributed by atoms with Crippen LogP contribution in [0.15, 0.2) is 24.5 Å². The number of nitriles is 1. The molecule has 0 radical (unpaired) electrons. The minimum Gasteiger partial charge on any atom is -0.387 e. The molecule has 0 atom stereocenters. The van der Waals surface area contributed by atoms with Gasteiger partial charge in [-0.2, -0.15) is 5.26 Å². The maximum Gasteiger partial charge on any atom is 0.251 e. The Balaban J connectivity index is 2.17. The SMILES string of the molecule is CCc1cc(C#N)cc(F)c1N(C)c1cc2c(ncn2C)c(NC(=O)CO)n1. The molecular formula is C19H19FN6O2. The molecule has 3 aromatic rings. The Morgan fingerprint density at radius 1 is 1.43 bits per heavy atom. The monoisotopic (exact) mass is 382 g/mol. The first kappa shape index (κ1) is 19.3. The van der Waals surface area contributed by atoms with Crippen LogP contribution in [0.1, 0.15) is 18.1 Å². The number of amides is 1. The predicted molar refractivity (Wildman–Crippen MR) is 103 cm³/mol. The summed E-state index contributed by atoms with van der Waals surface area (Å²) >= 11 is 0. The van der Waals surface area contributed by atoms with E-state index in [2.05, 4.69) is 15.3 Å². The normalized spacial score (nSPS) is 10.7. The van der Waals surface area contributed by atoms with Gasteiger partial charge in [-0.1, -0.05) is 6.92 Å². The number of anilines is 3. The van der Waals surface area contributed by atoms with Gasteiger partial charge in [0.25, 0.3) is 5.91 Å². The van der Waals surface area contributed by atoms with E-state index in [9.17, 15) is 9.18 Å². The molecule has 0 saturated heterocycles. The van der Waals surface area contributed by atoms with Crippen molar-refractivity contribution in [2.45, 2.75) is 13.3 Å². The second-order valence-electron chi connectivity index (χ2n) is 6.25. The molecule has 0 fully saturated rings. The number of pyridine rings is 1. The molecule has 0 unspecified atom stereocenters. The maximum atomic E-state index is 14.8. The van der Waals surface area contributed by atoms with Crippen molar-refractivity contribution in [3.8, 4) is 6.07 Å². The fourth-order valence-electron chi connectivity index (χ4n) is 3.03. The minimum absolute atomic E-state index is 0.172. The zero-order valence-corrected chi connectivity index (χ0v) is 15.7. The van der Waals surface area contributed by atoms with E-state index in [1.165, 1.54) is 6.07 Å². The van der Waals surface area contributed by atoms with Crippen LogP contribution in [0, 0.1) is 17.1 Å². The lowest BCUT2D eigenvalue weighted by atomic mass is 10.1. The molecule has 144 valence electrons. The number of aromatic nitrogens is 3. The molecule has 9 heteroatoms. The number of aryl methyl sites for hydroxylation is 2. The van der Waals surface area contributed by atoms with E-state index in [0.717, 1.165) is 0 Å². The summed E-state index contributed by atoms with van der Waals surface area (Å²) in [5.74, 6) is -0.613. The molecule has 0 saturated carbocycles. The number of nitrogens with one attached hydrogen (secondary N) is 1. The number of hydrogen-bond acceptors (Lipinski definition) is 6. The Bertz CT molecular complexity index is 1100. The number of carbonyl (C=O) groups excluding carboxylic acids is 1. The van der Waals surface area contributed by atoms with Crippen molar-refractivity contribution in [2.24, 2.45) is 7.05 Å². The van der Waals surface area contributed by atoms with Crippen molar-refractivity contribution in [3.63, 3.8) is 0 Å². The molecule has 0 bridgehead atoms. The lowest BCUT2D eigenvalue weighted by molar-refractivity contribution is -0.118. The number of fused-ring (bicyclic) bond motifs is 1. The van der Waals surface area contributed by atoms with Gasteiger partial charge < -0.3 is 19.9 Å². The summed E-state index contributed by atoms with van der Waals surface area (Å²) in [7, 11) is 3.45. The number of aliphatic hydroxyl groups is 1. The van der Waals surface area contributed by atoms with Crippen molar-refractivity contribution in [1.82, 2.24) is 14.5 Å². The molecule has 3 rings (SSSR count). The molecule has 1 aromatic carbocycles. The van der Waals surface area contributed by atoms with Crippen molar-refractivity contribution in [3.05, 3.63) is 41.5 Å². The second kappa shape index (κ2) is 7.62. The van der Waals surface area contributed by atoms with Gasteiger partial charge in [-0.3, -0.25) is 4.79 Å². The molecule has 0 aliphatic rings. The highest BCUT2D eigenvalue weighted by atomic mass is 19.1. The number of hydrogen-bond donors (Lipinski definition) is 2. The van der Waals surface area contributed by atoms with Crippen molar-refractivity contribution < 1.29 is 14.3 Å². The van der Waals surface area contributed by atoms with Crippen molar-refractivity contribution >= 4 is 34.3 Å². The van der Waals surface area contributed by atoms with Gasteiger partial charge in [0, 0.05) is 20.2 Å². The molecule has 28 heavy (non-hydrogen) atoms. The van der Waals surface area contributed by atoms with Crippen LogP contribution in [0.5, 0.6) is 0 Å². The Labute approximate surface area is 160 Å². The van der Waals surface area contributed by atoms with Crippen LogP contribution in [0.4, 0.5) is 21.7 Å². The van der Waals surface area contributed by atoms with Gasteiger partial charge in [-0.15, -0.1) is 0 Å². The smallest absolute Gasteiger partial charge is 0.251 e. The molecule has 2 N–H and O–H groups in total. The largest absolute Gasteiger partial charge is 0.387 e. The lowest BCUT2D eigenvalue weighted by Gasteiger charge is -2.23. The van der Waals surface area contributed by atoms with Gasteiger partial charge in [-0.05, 0) is 24.1 Å². The second-order valence-corrected chi connectivity index (χ2v) is 6.25. The Morgan fingerprint density at radius 2 is 2.18 bits per heavy atom. The van der Waals surface area contributed by atoms with Crippen LogP contribution in [-0.4, -0.2) is 39.2 Å². The van der Waals surface area contributed by atoms with Crippen LogP contribution >= 0.6 is 0 Å². The van der Waals surface area contributed by atoms with Gasteiger partial charge in [0.2, 0.25) is 0 Å². The molecule has 0 spiro atoms. The Morgan fingerprint density at radius 3 is 2.82 bits per heavy atom.